The summed E-state index contributed by atoms with van der Waals surface area (Å²) in [6.45, 7) is 2.73. The van der Waals surface area contributed by atoms with Crippen molar-refractivity contribution in [2.75, 3.05) is 13.2 Å². The average Bonchev–Trinajstić information content (AvgIpc) is 2.41. The van der Waals surface area contributed by atoms with Gasteiger partial charge in [-0.25, -0.2) is 8.78 Å². The Kier molecular flexibility index (Phi) is 5.61. The highest BCUT2D eigenvalue weighted by Crippen LogP contribution is 2.34. The topological polar surface area (TPSA) is 52.6 Å². The molecule has 0 aliphatic rings. The van der Waals surface area contributed by atoms with Crippen LogP contribution in [-0.4, -0.2) is 31.6 Å². The van der Waals surface area contributed by atoms with Gasteiger partial charge in [0, 0.05) is 0 Å². The van der Waals surface area contributed by atoms with Crippen LogP contribution in [0, 0.1) is 0 Å². The Bertz CT molecular complexity index is 442. The molecule has 0 heterocycles. The number of esters is 2. The first-order valence-electron chi connectivity index (χ1n) is 6.19. The van der Waals surface area contributed by atoms with Gasteiger partial charge in [0.05, 0.1) is 13.2 Å². The third kappa shape index (κ3) is 2.79. The highest BCUT2D eigenvalue weighted by Gasteiger charge is 2.58. The van der Waals surface area contributed by atoms with E-state index < -0.39 is 23.8 Å². The molecule has 0 aliphatic heterocycles. The number of halogens is 2. The second kappa shape index (κ2) is 6.98. The molecule has 4 nitrogen and oxygen atoms in total. The van der Waals surface area contributed by atoms with Crippen LogP contribution in [0.2, 0.25) is 0 Å². The van der Waals surface area contributed by atoms with E-state index in [9.17, 15) is 18.4 Å². The molecule has 6 heteroatoms. The van der Waals surface area contributed by atoms with Gasteiger partial charge in [0.25, 0.3) is 6.43 Å². The predicted octanol–water partition coefficient (Wildman–Crippen LogP) is 2.32. The van der Waals surface area contributed by atoms with Crippen molar-refractivity contribution in [1.29, 1.82) is 0 Å². The Morgan fingerprint density at radius 1 is 1.05 bits per heavy atom. The maximum atomic E-state index is 13.6. The monoisotopic (exact) mass is 286 g/mol. The fourth-order valence-corrected chi connectivity index (χ4v) is 1.81. The van der Waals surface area contributed by atoms with Crippen molar-refractivity contribution in [2.24, 2.45) is 0 Å². The summed E-state index contributed by atoms with van der Waals surface area (Å²) in [7, 11) is 0. The van der Waals surface area contributed by atoms with Crippen molar-refractivity contribution in [2.45, 2.75) is 25.7 Å². The number of rotatable bonds is 6. The number of alkyl halides is 2. The molecule has 0 saturated heterocycles. The molecule has 1 rings (SSSR count). The first-order valence-corrected chi connectivity index (χ1v) is 6.19. The largest absolute Gasteiger partial charge is 0.465 e. The normalized spacial score (nSPS) is 11.2. The Labute approximate surface area is 115 Å². The molecule has 0 N–H and O–H groups in total. The van der Waals surface area contributed by atoms with Crippen molar-refractivity contribution in [3.8, 4) is 0 Å². The molecule has 0 fully saturated rings. The van der Waals surface area contributed by atoms with E-state index in [0.29, 0.717) is 0 Å². The number of carbonyl (C=O) groups is 2. The molecule has 1 aromatic rings. The van der Waals surface area contributed by atoms with Crippen LogP contribution >= 0.6 is 0 Å². The molecule has 0 amide bonds. The van der Waals surface area contributed by atoms with Crippen molar-refractivity contribution >= 4 is 11.9 Å². The van der Waals surface area contributed by atoms with E-state index in [4.69, 9.17) is 0 Å². The molecular weight excluding hydrogens is 270 g/mol. The van der Waals surface area contributed by atoms with Gasteiger partial charge in [0.1, 0.15) is 0 Å². The van der Waals surface area contributed by atoms with E-state index in [1.54, 1.807) is 6.07 Å². The SMILES string of the molecule is CCOC(=O)C(C(=O)OCC)(c1ccccc1)C(F)F. The summed E-state index contributed by atoms with van der Waals surface area (Å²) >= 11 is 0. The van der Waals surface area contributed by atoms with Gasteiger partial charge < -0.3 is 9.47 Å². The minimum atomic E-state index is -3.28. The average molecular weight is 286 g/mol. The van der Waals surface area contributed by atoms with Crippen LogP contribution in [0.4, 0.5) is 8.78 Å². The van der Waals surface area contributed by atoms with E-state index in [0.717, 1.165) is 0 Å². The number of carbonyl (C=O) groups excluding carboxylic acids is 2. The van der Waals surface area contributed by atoms with Crippen molar-refractivity contribution in [3.63, 3.8) is 0 Å². The summed E-state index contributed by atoms with van der Waals surface area (Å²) < 4.78 is 36.5. The lowest BCUT2D eigenvalue weighted by Crippen LogP contribution is -2.51. The summed E-state index contributed by atoms with van der Waals surface area (Å²) in [5, 5.41) is 0. The lowest BCUT2D eigenvalue weighted by molar-refractivity contribution is -0.173. The standard InChI is InChI=1S/C14H16F2O4/c1-3-19-12(17)14(11(15)16,13(18)20-4-2)10-8-6-5-7-9-10/h5-9,11H,3-4H2,1-2H3. The van der Waals surface area contributed by atoms with Crippen molar-refractivity contribution < 1.29 is 27.8 Å². The summed E-state index contributed by atoms with van der Waals surface area (Å²) in [5.74, 6) is -2.61. The molecule has 20 heavy (non-hydrogen) atoms. The molecule has 0 aliphatic carbocycles. The number of benzene rings is 1. The van der Waals surface area contributed by atoms with Crippen LogP contribution in [0.25, 0.3) is 0 Å². The zero-order valence-electron chi connectivity index (χ0n) is 11.3. The third-order valence-electron chi connectivity index (χ3n) is 2.75. The van der Waals surface area contributed by atoms with Gasteiger partial charge in [0.15, 0.2) is 0 Å². The second-order valence-corrected chi connectivity index (χ2v) is 3.92. The fraction of sp³-hybridized carbons (Fsp3) is 0.429. The molecule has 0 spiro atoms. The third-order valence-corrected chi connectivity index (χ3v) is 2.75. The van der Waals surface area contributed by atoms with Crippen LogP contribution in [-0.2, 0) is 24.5 Å². The predicted molar refractivity (Wildman–Crippen MR) is 67.4 cm³/mol. The molecule has 0 atom stereocenters. The first-order chi connectivity index (χ1) is 9.51. The highest BCUT2D eigenvalue weighted by atomic mass is 19.3. The first kappa shape index (κ1) is 16.1. The molecular formula is C14H16F2O4. The van der Waals surface area contributed by atoms with Gasteiger partial charge >= 0.3 is 11.9 Å². The minimum absolute atomic E-state index is 0.112. The summed E-state index contributed by atoms with van der Waals surface area (Å²) in [5.41, 5.74) is -2.89. The van der Waals surface area contributed by atoms with Crippen molar-refractivity contribution in [3.05, 3.63) is 35.9 Å². The second-order valence-electron chi connectivity index (χ2n) is 3.92. The Morgan fingerprint density at radius 2 is 1.50 bits per heavy atom. The molecule has 1 aromatic carbocycles. The zero-order valence-corrected chi connectivity index (χ0v) is 11.3. The number of ether oxygens (including phenoxy) is 2. The van der Waals surface area contributed by atoms with Crippen molar-refractivity contribution in [1.82, 2.24) is 0 Å². The Morgan fingerprint density at radius 3 is 1.85 bits per heavy atom. The van der Waals surface area contributed by atoms with E-state index in [1.807, 2.05) is 0 Å². The van der Waals surface area contributed by atoms with Gasteiger partial charge in [-0.2, -0.15) is 0 Å². The maximum absolute atomic E-state index is 13.6. The van der Waals surface area contributed by atoms with Crippen LogP contribution < -0.4 is 0 Å². The van der Waals surface area contributed by atoms with Crippen LogP contribution in [0.15, 0.2) is 30.3 Å². The van der Waals surface area contributed by atoms with E-state index in [-0.39, 0.29) is 18.8 Å². The lowest BCUT2D eigenvalue weighted by Gasteiger charge is -2.28. The highest BCUT2D eigenvalue weighted by molar-refractivity contribution is 6.07. The van der Waals surface area contributed by atoms with Crippen LogP contribution in [0.3, 0.4) is 0 Å². The number of hydrogen-bond donors (Lipinski definition) is 0. The summed E-state index contributed by atoms with van der Waals surface area (Å²) in [4.78, 5) is 24.0. The fourth-order valence-electron chi connectivity index (χ4n) is 1.81. The summed E-state index contributed by atoms with van der Waals surface area (Å²) in [6.07, 6.45) is -3.28. The molecule has 0 unspecified atom stereocenters. The lowest BCUT2D eigenvalue weighted by atomic mass is 9.80. The molecule has 0 aromatic heterocycles. The van der Waals surface area contributed by atoms with Crippen LogP contribution in [0.1, 0.15) is 19.4 Å². The van der Waals surface area contributed by atoms with E-state index >= 15 is 0 Å². The molecule has 0 bridgehead atoms. The quantitative estimate of drug-likeness (QED) is 0.595. The molecule has 0 radical (unpaired) electrons. The van der Waals surface area contributed by atoms with Gasteiger partial charge in [-0.15, -0.1) is 0 Å². The Hall–Kier alpha value is -1.98. The van der Waals surface area contributed by atoms with Gasteiger partial charge in [-0.05, 0) is 19.4 Å². The number of hydrogen-bond acceptors (Lipinski definition) is 4. The maximum Gasteiger partial charge on any atom is 0.334 e. The van der Waals surface area contributed by atoms with Gasteiger partial charge in [-0.1, -0.05) is 30.3 Å². The molecule has 0 saturated carbocycles. The van der Waals surface area contributed by atoms with E-state index in [1.165, 1.54) is 38.1 Å². The summed E-state index contributed by atoms with van der Waals surface area (Å²) in [6, 6.07) is 7.08. The zero-order chi connectivity index (χ0) is 15.2. The smallest absolute Gasteiger partial charge is 0.334 e. The minimum Gasteiger partial charge on any atom is -0.465 e. The van der Waals surface area contributed by atoms with E-state index in [2.05, 4.69) is 9.47 Å². The van der Waals surface area contributed by atoms with Crippen LogP contribution in [0.5, 0.6) is 0 Å². The molecule has 110 valence electrons. The Balaban J connectivity index is 3.42. The van der Waals surface area contributed by atoms with Gasteiger partial charge in [-0.3, -0.25) is 9.59 Å². The van der Waals surface area contributed by atoms with Gasteiger partial charge in [0.2, 0.25) is 5.41 Å².